The van der Waals surface area contributed by atoms with Gasteiger partial charge in [-0.1, -0.05) is 6.08 Å². The summed E-state index contributed by atoms with van der Waals surface area (Å²) >= 11 is 0. The Morgan fingerprint density at radius 3 is 3.07 bits per heavy atom. The second-order valence-electron chi connectivity index (χ2n) is 2.79. The van der Waals surface area contributed by atoms with E-state index in [0.717, 1.165) is 0 Å². The number of amides is 2. The summed E-state index contributed by atoms with van der Waals surface area (Å²) in [5.74, 6) is 0. The van der Waals surface area contributed by atoms with Gasteiger partial charge in [0.15, 0.2) is 0 Å². The summed E-state index contributed by atoms with van der Waals surface area (Å²) in [6.45, 7) is 4.88. The Morgan fingerprint density at radius 1 is 1.73 bits per heavy atom. The number of aliphatic imine (C=N–C) groups is 1. The van der Waals surface area contributed by atoms with Crippen LogP contribution in [0.4, 0.5) is 4.79 Å². The van der Waals surface area contributed by atoms with E-state index >= 15 is 0 Å². The van der Waals surface area contributed by atoms with Gasteiger partial charge in [0.05, 0.1) is 19.3 Å². The summed E-state index contributed by atoms with van der Waals surface area (Å²) < 4.78 is 5.02. The predicted molar refractivity (Wildman–Crippen MR) is 58.0 cm³/mol. The summed E-state index contributed by atoms with van der Waals surface area (Å²) in [6, 6.07) is -0.730. The lowest BCUT2D eigenvalue weighted by Crippen LogP contribution is -2.31. The van der Waals surface area contributed by atoms with Crippen LogP contribution in [0.5, 0.6) is 0 Å². The molecule has 4 N–H and O–H groups in total. The minimum Gasteiger partial charge on any atom is -0.389 e. The van der Waals surface area contributed by atoms with Crippen molar-refractivity contribution < 1.29 is 14.6 Å². The van der Waals surface area contributed by atoms with Crippen LogP contribution < -0.4 is 11.1 Å². The number of aliphatic hydroxyl groups is 1. The van der Waals surface area contributed by atoms with Crippen molar-refractivity contribution >= 4 is 12.2 Å². The number of rotatable bonds is 8. The first-order chi connectivity index (χ1) is 7.16. The molecule has 6 heteroatoms. The molecule has 0 aromatic rings. The Hall–Kier alpha value is -1.24. The Bertz CT molecular complexity index is 219. The lowest BCUT2D eigenvalue weighted by Gasteiger charge is -2.09. The molecule has 0 rings (SSSR count). The highest BCUT2D eigenvalue weighted by atomic mass is 16.5. The summed E-state index contributed by atoms with van der Waals surface area (Å²) in [4.78, 5) is 13.5. The van der Waals surface area contributed by atoms with E-state index in [0.29, 0.717) is 19.7 Å². The Labute approximate surface area is 88.8 Å². The largest absolute Gasteiger partial charge is 0.389 e. The summed E-state index contributed by atoms with van der Waals surface area (Å²) in [5, 5.41) is 12.2. The van der Waals surface area contributed by atoms with Gasteiger partial charge in [0.1, 0.15) is 0 Å². The van der Waals surface area contributed by atoms with Crippen LogP contribution in [0.1, 0.15) is 0 Å². The Kier molecular flexibility index (Phi) is 8.55. The molecule has 0 aliphatic carbocycles. The van der Waals surface area contributed by atoms with E-state index in [1.54, 1.807) is 6.08 Å². The van der Waals surface area contributed by atoms with E-state index < -0.39 is 12.1 Å². The first kappa shape index (κ1) is 13.8. The monoisotopic (exact) mass is 215 g/mol. The zero-order chi connectivity index (χ0) is 11.5. The van der Waals surface area contributed by atoms with Crippen molar-refractivity contribution in [3.8, 4) is 0 Å². The molecule has 0 aromatic carbocycles. The van der Waals surface area contributed by atoms with E-state index in [-0.39, 0.29) is 6.61 Å². The Morgan fingerprint density at radius 2 is 2.47 bits per heavy atom. The normalized spacial score (nSPS) is 12.9. The molecule has 0 fully saturated rings. The maximum atomic E-state index is 10.2. The van der Waals surface area contributed by atoms with Gasteiger partial charge < -0.3 is 20.9 Å². The van der Waals surface area contributed by atoms with Crippen molar-refractivity contribution in [3.05, 3.63) is 12.7 Å². The van der Waals surface area contributed by atoms with Crippen molar-refractivity contribution in [2.24, 2.45) is 10.7 Å². The fourth-order valence-corrected chi connectivity index (χ4v) is 0.796. The molecule has 0 aliphatic heterocycles. The molecule has 86 valence electrons. The summed E-state index contributed by atoms with van der Waals surface area (Å²) in [7, 11) is 0. The fourth-order valence-electron chi connectivity index (χ4n) is 0.796. The minimum absolute atomic E-state index is 0.242. The van der Waals surface area contributed by atoms with Gasteiger partial charge in [0.25, 0.3) is 0 Å². The quantitative estimate of drug-likeness (QED) is 0.283. The Balaban J connectivity index is 3.34. The molecule has 2 amide bonds. The van der Waals surface area contributed by atoms with Gasteiger partial charge in [-0.15, -0.1) is 6.58 Å². The molecule has 0 bridgehead atoms. The van der Waals surface area contributed by atoms with E-state index in [9.17, 15) is 9.90 Å². The zero-order valence-corrected chi connectivity index (χ0v) is 8.56. The van der Waals surface area contributed by atoms with E-state index in [4.69, 9.17) is 10.5 Å². The summed E-state index contributed by atoms with van der Waals surface area (Å²) in [6.07, 6.45) is 2.37. The third-order valence-electron chi connectivity index (χ3n) is 1.38. The van der Waals surface area contributed by atoms with E-state index in [1.807, 2.05) is 0 Å². The SMILES string of the molecule is C=CCOCC(O)CNCC=NC(N)=O. The number of hydrogen-bond acceptors (Lipinski definition) is 4. The van der Waals surface area contributed by atoms with Crippen LogP contribution in [0, 0.1) is 0 Å². The average Bonchev–Trinajstić information content (AvgIpc) is 2.17. The van der Waals surface area contributed by atoms with Gasteiger partial charge in [0.2, 0.25) is 0 Å². The van der Waals surface area contributed by atoms with Gasteiger partial charge in [-0.2, -0.15) is 0 Å². The highest BCUT2D eigenvalue weighted by molar-refractivity contribution is 5.82. The van der Waals surface area contributed by atoms with Gasteiger partial charge in [-0.3, -0.25) is 0 Å². The van der Waals surface area contributed by atoms with Crippen LogP contribution in [-0.2, 0) is 4.74 Å². The van der Waals surface area contributed by atoms with Crippen LogP contribution >= 0.6 is 0 Å². The highest BCUT2D eigenvalue weighted by Crippen LogP contribution is 1.83. The molecule has 1 unspecified atom stereocenters. The van der Waals surface area contributed by atoms with Crippen molar-refractivity contribution in [2.45, 2.75) is 6.10 Å². The van der Waals surface area contributed by atoms with Crippen LogP contribution in [0.2, 0.25) is 0 Å². The predicted octanol–water partition coefficient (Wildman–Crippen LogP) is -0.711. The number of ether oxygens (including phenoxy) is 1. The van der Waals surface area contributed by atoms with Crippen LogP contribution in [0.3, 0.4) is 0 Å². The van der Waals surface area contributed by atoms with Gasteiger partial charge in [0, 0.05) is 19.3 Å². The first-order valence-electron chi connectivity index (χ1n) is 4.56. The standard InChI is InChI=1S/C9H17N3O3/c1-2-5-15-7-8(13)6-11-3-4-12-9(10)14/h2,4,8,11,13H,1,3,5-7H2,(H2,10,14). The summed E-state index contributed by atoms with van der Waals surface area (Å²) in [5.41, 5.74) is 4.77. The fraction of sp³-hybridized carbons (Fsp3) is 0.556. The molecule has 0 radical (unpaired) electrons. The van der Waals surface area contributed by atoms with Crippen molar-refractivity contribution in [1.82, 2.24) is 5.32 Å². The van der Waals surface area contributed by atoms with Crippen LogP contribution in [-0.4, -0.2) is 49.8 Å². The molecule has 6 nitrogen and oxygen atoms in total. The second kappa shape index (κ2) is 9.32. The topological polar surface area (TPSA) is 96.9 Å². The number of nitrogens with two attached hydrogens (primary N) is 1. The molecule has 0 spiro atoms. The van der Waals surface area contributed by atoms with E-state index in [2.05, 4.69) is 16.9 Å². The number of nitrogens with one attached hydrogen (secondary N) is 1. The second-order valence-corrected chi connectivity index (χ2v) is 2.79. The smallest absolute Gasteiger partial charge is 0.338 e. The highest BCUT2D eigenvalue weighted by Gasteiger charge is 2.01. The molecule has 0 heterocycles. The maximum absolute atomic E-state index is 10.2. The van der Waals surface area contributed by atoms with Crippen LogP contribution in [0.15, 0.2) is 17.6 Å². The molecule has 0 aliphatic rings. The molecular weight excluding hydrogens is 198 g/mol. The number of nitrogens with zero attached hydrogens (tertiary/aromatic N) is 1. The third-order valence-corrected chi connectivity index (χ3v) is 1.38. The number of carbonyl (C=O) groups is 1. The van der Waals surface area contributed by atoms with Gasteiger partial charge >= 0.3 is 6.03 Å². The number of carbonyl (C=O) groups excluding carboxylic acids is 1. The van der Waals surface area contributed by atoms with E-state index in [1.165, 1.54) is 6.21 Å². The zero-order valence-electron chi connectivity index (χ0n) is 8.56. The molecule has 1 atom stereocenters. The molecular formula is C9H17N3O3. The molecule has 15 heavy (non-hydrogen) atoms. The number of primary amides is 1. The number of hydrogen-bond donors (Lipinski definition) is 3. The minimum atomic E-state index is -0.730. The van der Waals surface area contributed by atoms with Crippen molar-refractivity contribution in [3.63, 3.8) is 0 Å². The first-order valence-corrected chi connectivity index (χ1v) is 4.56. The molecule has 0 saturated heterocycles. The number of aliphatic hydroxyl groups excluding tert-OH is 1. The van der Waals surface area contributed by atoms with Crippen LogP contribution in [0.25, 0.3) is 0 Å². The van der Waals surface area contributed by atoms with Gasteiger partial charge in [-0.05, 0) is 0 Å². The van der Waals surface area contributed by atoms with Crippen molar-refractivity contribution in [2.75, 3.05) is 26.3 Å². The lowest BCUT2D eigenvalue weighted by molar-refractivity contribution is 0.0502. The molecule has 0 aromatic heterocycles. The average molecular weight is 215 g/mol. The van der Waals surface area contributed by atoms with Gasteiger partial charge in [-0.25, -0.2) is 9.79 Å². The lowest BCUT2D eigenvalue weighted by atomic mass is 10.4. The maximum Gasteiger partial charge on any atom is 0.338 e. The third kappa shape index (κ3) is 10.7. The molecule has 0 saturated carbocycles. The van der Waals surface area contributed by atoms with Crippen molar-refractivity contribution in [1.29, 1.82) is 0 Å². The number of urea groups is 1.